The number of carbonyl (C=O) groups is 1. The average Bonchev–Trinajstić information content (AvgIpc) is 2.50. The Bertz CT molecular complexity index is 261. The van der Waals surface area contributed by atoms with Gasteiger partial charge in [-0.3, -0.25) is 4.79 Å². The summed E-state index contributed by atoms with van der Waals surface area (Å²) < 4.78 is 0. The first-order valence-electron chi connectivity index (χ1n) is 7.20. The van der Waals surface area contributed by atoms with Crippen molar-refractivity contribution in [3.05, 3.63) is 0 Å². The van der Waals surface area contributed by atoms with Gasteiger partial charge >= 0.3 is 0 Å². The molecule has 17 heavy (non-hydrogen) atoms. The molecule has 0 aromatic rings. The lowest BCUT2D eigenvalue weighted by Gasteiger charge is -2.35. The Labute approximate surface area is 105 Å². The zero-order valence-corrected chi connectivity index (χ0v) is 11.2. The normalized spacial score (nSPS) is 32.6. The third-order valence-corrected chi connectivity index (χ3v) is 4.45. The quantitative estimate of drug-likeness (QED) is 0.799. The molecule has 2 aliphatic rings. The topological polar surface area (TPSA) is 32.3 Å². The van der Waals surface area contributed by atoms with Crippen LogP contribution in [0.5, 0.6) is 0 Å². The van der Waals surface area contributed by atoms with Gasteiger partial charge in [0.05, 0.1) is 6.04 Å². The zero-order valence-electron chi connectivity index (χ0n) is 11.2. The van der Waals surface area contributed by atoms with E-state index in [1.165, 1.54) is 38.5 Å². The van der Waals surface area contributed by atoms with E-state index in [-0.39, 0.29) is 6.04 Å². The predicted octanol–water partition coefficient (Wildman–Crippen LogP) is 2.17. The standard InChI is InChI=1S/C14H26N2O/c1-11-8-9-16(12-6-4-3-5-7-12)14(17)13(10-11)15-2/h11-13,15H,3-10H2,1-2H3. The molecule has 0 aromatic heterocycles. The van der Waals surface area contributed by atoms with E-state index < -0.39 is 0 Å². The van der Waals surface area contributed by atoms with Crippen molar-refractivity contribution >= 4 is 5.91 Å². The minimum Gasteiger partial charge on any atom is -0.338 e. The van der Waals surface area contributed by atoms with Crippen molar-refractivity contribution in [2.75, 3.05) is 13.6 Å². The number of nitrogens with zero attached hydrogens (tertiary/aromatic N) is 1. The van der Waals surface area contributed by atoms with Gasteiger partial charge in [-0.25, -0.2) is 0 Å². The lowest BCUT2D eigenvalue weighted by molar-refractivity contribution is -0.135. The van der Waals surface area contributed by atoms with Crippen LogP contribution in [0, 0.1) is 5.92 Å². The van der Waals surface area contributed by atoms with Crippen molar-refractivity contribution in [2.45, 2.75) is 64.0 Å². The SMILES string of the molecule is CNC1CC(C)CCN(C2CCCCC2)C1=O. The highest BCUT2D eigenvalue weighted by Gasteiger charge is 2.33. The van der Waals surface area contributed by atoms with Crippen LogP contribution in [-0.2, 0) is 4.79 Å². The largest absolute Gasteiger partial charge is 0.338 e. The minimum absolute atomic E-state index is 0.0504. The Morgan fingerprint density at radius 1 is 1.18 bits per heavy atom. The maximum atomic E-state index is 12.5. The van der Waals surface area contributed by atoms with E-state index >= 15 is 0 Å². The van der Waals surface area contributed by atoms with Gasteiger partial charge < -0.3 is 10.2 Å². The Morgan fingerprint density at radius 2 is 1.88 bits per heavy atom. The smallest absolute Gasteiger partial charge is 0.239 e. The van der Waals surface area contributed by atoms with E-state index in [1.807, 2.05) is 7.05 Å². The van der Waals surface area contributed by atoms with Crippen LogP contribution in [-0.4, -0.2) is 36.5 Å². The van der Waals surface area contributed by atoms with Crippen LogP contribution in [0.2, 0.25) is 0 Å². The lowest BCUT2D eigenvalue weighted by Crippen LogP contribution is -2.49. The fourth-order valence-electron chi connectivity index (χ4n) is 3.29. The lowest BCUT2D eigenvalue weighted by atomic mass is 9.94. The molecule has 98 valence electrons. The average molecular weight is 238 g/mol. The number of nitrogens with one attached hydrogen (secondary N) is 1. The van der Waals surface area contributed by atoms with Gasteiger partial charge in [-0.2, -0.15) is 0 Å². The Morgan fingerprint density at radius 3 is 2.53 bits per heavy atom. The molecule has 0 aromatic carbocycles. The summed E-state index contributed by atoms with van der Waals surface area (Å²) >= 11 is 0. The first-order chi connectivity index (χ1) is 8.22. The van der Waals surface area contributed by atoms with Gasteiger partial charge in [-0.1, -0.05) is 26.2 Å². The Hall–Kier alpha value is -0.570. The van der Waals surface area contributed by atoms with Crippen molar-refractivity contribution in [3.63, 3.8) is 0 Å². The van der Waals surface area contributed by atoms with Crippen molar-refractivity contribution < 1.29 is 4.79 Å². The number of carbonyl (C=O) groups excluding carboxylic acids is 1. The molecule has 1 aliphatic heterocycles. The van der Waals surface area contributed by atoms with Crippen molar-refractivity contribution in [2.24, 2.45) is 5.92 Å². The fraction of sp³-hybridized carbons (Fsp3) is 0.929. The molecule has 2 rings (SSSR count). The highest BCUT2D eigenvalue weighted by molar-refractivity contribution is 5.82. The second-order valence-corrected chi connectivity index (χ2v) is 5.79. The van der Waals surface area contributed by atoms with Gasteiger partial charge in [0.2, 0.25) is 5.91 Å². The maximum absolute atomic E-state index is 12.5. The summed E-state index contributed by atoms with van der Waals surface area (Å²) in [6.07, 6.45) is 8.55. The van der Waals surface area contributed by atoms with E-state index in [4.69, 9.17) is 0 Å². The van der Waals surface area contributed by atoms with Crippen LogP contribution >= 0.6 is 0 Å². The van der Waals surface area contributed by atoms with E-state index in [0.717, 1.165) is 13.0 Å². The third-order valence-electron chi connectivity index (χ3n) is 4.45. The van der Waals surface area contributed by atoms with Crippen molar-refractivity contribution in [1.29, 1.82) is 0 Å². The summed E-state index contributed by atoms with van der Waals surface area (Å²) in [4.78, 5) is 14.7. The summed E-state index contributed by atoms with van der Waals surface area (Å²) in [5.74, 6) is 1.01. The van der Waals surface area contributed by atoms with Gasteiger partial charge in [-0.15, -0.1) is 0 Å². The van der Waals surface area contributed by atoms with Crippen LogP contribution in [0.15, 0.2) is 0 Å². The second kappa shape index (κ2) is 5.85. The number of amides is 1. The van der Waals surface area contributed by atoms with Gasteiger partial charge in [-0.05, 0) is 38.6 Å². The van der Waals surface area contributed by atoms with Gasteiger partial charge in [0.1, 0.15) is 0 Å². The van der Waals surface area contributed by atoms with E-state index in [1.54, 1.807) is 0 Å². The number of rotatable bonds is 2. The summed E-state index contributed by atoms with van der Waals surface area (Å²) in [5.41, 5.74) is 0. The molecular formula is C14H26N2O. The molecule has 0 spiro atoms. The monoisotopic (exact) mass is 238 g/mol. The number of likely N-dealkylation sites (tertiary alicyclic amines) is 1. The number of hydrogen-bond donors (Lipinski definition) is 1. The van der Waals surface area contributed by atoms with Crippen LogP contribution in [0.1, 0.15) is 51.9 Å². The molecule has 2 fully saturated rings. The highest BCUT2D eigenvalue weighted by Crippen LogP contribution is 2.27. The number of hydrogen-bond acceptors (Lipinski definition) is 2. The van der Waals surface area contributed by atoms with E-state index in [0.29, 0.717) is 17.9 Å². The van der Waals surface area contributed by atoms with Crippen LogP contribution < -0.4 is 5.32 Å². The molecule has 1 aliphatic carbocycles. The Kier molecular flexibility index (Phi) is 4.43. The van der Waals surface area contributed by atoms with Crippen molar-refractivity contribution in [3.8, 4) is 0 Å². The molecule has 1 saturated heterocycles. The molecule has 2 atom stereocenters. The molecule has 2 unspecified atom stereocenters. The highest BCUT2D eigenvalue weighted by atomic mass is 16.2. The minimum atomic E-state index is 0.0504. The molecule has 3 heteroatoms. The molecular weight excluding hydrogens is 212 g/mol. The summed E-state index contributed by atoms with van der Waals surface area (Å²) in [6, 6.07) is 0.576. The second-order valence-electron chi connectivity index (χ2n) is 5.79. The predicted molar refractivity (Wildman–Crippen MR) is 69.8 cm³/mol. The summed E-state index contributed by atoms with van der Waals surface area (Å²) in [7, 11) is 1.92. The molecule has 1 N–H and O–H groups in total. The van der Waals surface area contributed by atoms with Crippen molar-refractivity contribution in [1.82, 2.24) is 10.2 Å². The molecule has 1 heterocycles. The molecule has 1 amide bonds. The van der Waals surface area contributed by atoms with Gasteiger partial charge in [0, 0.05) is 12.6 Å². The number of likely N-dealkylation sites (N-methyl/N-ethyl adjacent to an activating group) is 1. The fourth-order valence-corrected chi connectivity index (χ4v) is 3.29. The van der Waals surface area contributed by atoms with Crippen LogP contribution in [0.25, 0.3) is 0 Å². The maximum Gasteiger partial charge on any atom is 0.239 e. The molecule has 3 nitrogen and oxygen atoms in total. The summed E-state index contributed by atoms with van der Waals surface area (Å²) in [5, 5.41) is 3.20. The molecule has 1 saturated carbocycles. The first-order valence-corrected chi connectivity index (χ1v) is 7.20. The third kappa shape index (κ3) is 3.01. The molecule has 0 bridgehead atoms. The van der Waals surface area contributed by atoms with Gasteiger partial charge in [0.25, 0.3) is 0 Å². The van der Waals surface area contributed by atoms with Crippen LogP contribution in [0.4, 0.5) is 0 Å². The summed E-state index contributed by atoms with van der Waals surface area (Å²) in [6.45, 7) is 3.24. The van der Waals surface area contributed by atoms with Crippen LogP contribution in [0.3, 0.4) is 0 Å². The Balaban J connectivity index is 2.05. The zero-order chi connectivity index (χ0) is 12.3. The molecule has 0 radical (unpaired) electrons. The van der Waals surface area contributed by atoms with E-state index in [2.05, 4.69) is 17.1 Å². The first kappa shape index (κ1) is 12.9. The van der Waals surface area contributed by atoms with E-state index in [9.17, 15) is 4.79 Å². The van der Waals surface area contributed by atoms with Gasteiger partial charge in [0.15, 0.2) is 0 Å².